The molecule has 1 aliphatic heterocycles. The number of nitrogens with one attached hydrogen (secondary N) is 1. The van der Waals surface area contributed by atoms with Gasteiger partial charge in [0.25, 0.3) is 0 Å². The quantitative estimate of drug-likeness (QED) is 0.591. The Hall–Kier alpha value is -0.220. The van der Waals surface area contributed by atoms with Gasteiger partial charge < -0.3 is 5.32 Å². The molecule has 1 saturated heterocycles. The van der Waals surface area contributed by atoms with E-state index in [1.54, 1.807) is 0 Å². The summed E-state index contributed by atoms with van der Waals surface area (Å²) in [6.07, 6.45) is 3.20. The van der Waals surface area contributed by atoms with E-state index >= 15 is 0 Å². The summed E-state index contributed by atoms with van der Waals surface area (Å²) in [7, 11) is -6.47. The lowest BCUT2D eigenvalue weighted by Gasteiger charge is -2.30. The molecule has 1 fully saturated rings. The van der Waals surface area contributed by atoms with Crippen molar-refractivity contribution in [1.29, 1.82) is 0 Å². The average molecular weight is 299 g/mol. The maximum absolute atomic E-state index is 11.3. The molecule has 18 heavy (non-hydrogen) atoms. The molecule has 3 N–H and O–H groups in total. The molecule has 0 radical (unpaired) electrons. The maximum atomic E-state index is 11.3. The van der Waals surface area contributed by atoms with Gasteiger partial charge in [0.15, 0.2) is 0 Å². The molecule has 1 rings (SSSR count). The second-order valence-electron chi connectivity index (χ2n) is 4.61. The number of nitrogens with zero attached hydrogens (tertiary/aromatic N) is 1. The van der Waals surface area contributed by atoms with Crippen LogP contribution in [0.4, 0.5) is 0 Å². The minimum Gasteiger partial charge on any atom is -0.314 e. The topological polar surface area (TPSA) is 110 Å². The molecule has 0 atom stereocenters. The largest absolute Gasteiger partial charge is 0.314 e. The zero-order chi connectivity index (χ0) is 13.8. The van der Waals surface area contributed by atoms with Crippen LogP contribution in [0.25, 0.3) is 0 Å². The predicted molar refractivity (Wildman–Crippen MR) is 70.0 cm³/mol. The van der Waals surface area contributed by atoms with Crippen LogP contribution in [-0.2, 0) is 20.0 Å². The van der Waals surface area contributed by atoms with E-state index in [4.69, 9.17) is 5.14 Å². The molecular formula is C9H21N3O4S2. The SMILES string of the molecule is CS(=O)(=O)N1CCC(NCCCS(N)(=O)=O)CC1. The van der Waals surface area contributed by atoms with Crippen molar-refractivity contribution in [3.05, 3.63) is 0 Å². The Labute approximate surface area is 109 Å². The number of rotatable bonds is 6. The van der Waals surface area contributed by atoms with E-state index in [2.05, 4.69) is 5.32 Å². The first-order chi connectivity index (χ1) is 8.18. The van der Waals surface area contributed by atoms with Crippen LogP contribution in [0.3, 0.4) is 0 Å². The van der Waals surface area contributed by atoms with Crippen LogP contribution in [0.2, 0.25) is 0 Å². The molecule has 0 aromatic rings. The van der Waals surface area contributed by atoms with Gasteiger partial charge in [-0.3, -0.25) is 0 Å². The Kier molecular flexibility index (Phi) is 5.53. The Morgan fingerprint density at radius 2 is 1.78 bits per heavy atom. The van der Waals surface area contributed by atoms with Crippen LogP contribution in [0, 0.1) is 0 Å². The van der Waals surface area contributed by atoms with E-state index in [-0.39, 0.29) is 11.8 Å². The molecule has 9 heteroatoms. The second kappa shape index (κ2) is 6.29. The maximum Gasteiger partial charge on any atom is 0.211 e. The minimum absolute atomic E-state index is 0.0256. The fraction of sp³-hybridized carbons (Fsp3) is 1.00. The molecular weight excluding hydrogens is 278 g/mol. The molecule has 0 spiro atoms. The molecule has 0 aliphatic carbocycles. The van der Waals surface area contributed by atoms with Gasteiger partial charge in [-0.05, 0) is 25.8 Å². The summed E-state index contributed by atoms with van der Waals surface area (Å²) in [6, 6.07) is 0.253. The molecule has 1 aliphatic rings. The third kappa shape index (κ3) is 6.10. The van der Waals surface area contributed by atoms with Crippen molar-refractivity contribution in [2.24, 2.45) is 5.14 Å². The van der Waals surface area contributed by atoms with Crippen molar-refractivity contribution in [2.75, 3.05) is 31.6 Å². The summed E-state index contributed by atoms with van der Waals surface area (Å²) in [4.78, 5) is 0. The number of hydrogen-bond donors (Lipinski definition) is 2. The highest BCUT2D eigenvalue weighted by Crippen LogP contribution is 2.12. The first-order valence-electron chi connectivity index (χ1n) is 5.87. The van der Waals surface area contributed by atoms with E-state index in [9.17, 15) is 16.8 Å². The zero-order valence-corrected chi connectivity index (χ0v) is 12.1. The van der Waals surface area contributed by atoms with E-state index in [1.807, 2.05) is 0 Å². The monoisotopic (exact) mass is 299 g/mol. The Bertz CT molecular complexity index is 452. The van der Waals surface area contributed by atoms with Gasteiger partial charge in [0.1, 0.15) is 0 Å². The lowest BCUT2D eigenvalue weighted by molar-refractivity contribution is 0.291. The Morgan fingerprint density at radius 1 is 1.22 bits per heavy atom. The van der Waals surface area contributed by atoms with Crippen LogP contribution in [0.1, 0.15) is 19.3 Å². The van der Waals surface area contributed by atoms with Gasteiger partial charge in [0, 0.05) is 19.1 Å². The molecule has 0 bridgehead atoms. The molecule has 7 nitrogen and oxygen atoms in total. The fourth-order valence-electron chi connectivity index (χ4n) is 1.97. The zero-order valence-electron chi connectivity index (χ0n) is 10.5. The normalized spacial score (nSPS) is 20.1. The van der Waals surface area contributed by atoms with Crippen molar-refractivity contribution in [3.63, 3.8) is 0 Å². The second-order valence-corrected chi connectivity index (χ2v) is 8.33. The summed E-state index contributed by atoms with van der Waals surface area (Å²) in [5, 5.41) is 8.12. The molecule has 0 aromatic carbocycles. The van der Waals surface area contributed by atoms with E-state index in [0.29, 0.717) is 26.1 Å². The Morgan fingerprint density at radius 3 is 2.22 bits per heavy atom. The van der Waals surface area contributed by atoms with Gasteiger partial charge in [-0.2, -0.15) is 0 Å². The average Bonchev–Trinajstić information content (AvgIpc) is 2.22. The number of nitrogens with two attached hydrogens (primary N) is 1. The highest BCUT2D eigenvalue weighted by Gasteiger charge is 2.24. The third-order valence-corrected chi connectivity index (χ3v) is 5.12. The number of piperidine rings is 1. The summed E-state index contributed by atoms with van der Waals surface area (Å²) in [5.41, 5.74) is 0. The molecule has 0 saturated carbocycles. The van der Waals surface area contributed by atoms with Crippen molar-refractivity contribution in [3.8, 4) is 0 Å². The highest BCUT2D eigenvalue weighted by molar-refractivity contribution is 7.89. The van der Waals surface area contributed by atoms with Crippen LogP contribution in [0.5, 0.6) is 0 Å². The van der Waals surface area contributed by atoms with E-state index in [1.165, 1.54) is 10.6 Å². The Balaban J connectivity index is 2.21. The summed E-state index contributed by atoms with van der Waals surface area (Å²) < 4.78 is 45.5. The van der Waals surface area contributed by atoms with Gasteiger partial charge in [0.2, 0.25) is 20.0 Å². The molecule has 108 valence electrons. The van der Waals surface area contributed by atoms with Gasteiger partial charge in [-0.15, -0.1) is 0 Å². The van der Waals surface area contributed by atoms with Crippen LogP contribution in [-0.4, -0.2) is 58.8 Å². The number of primary sulfonamides is 1. The van der Waals surface area contributed by atoms with Gasteiger partial charge in [-0.25, -0.2) is 26.3 Å². The lowest BCUT2D eigenvalue weighted by Crippen LogP contribution is -2.44. The number of hydrogen-bond acceptors (Lipinski definition) is 5. The smallest absolute Gasteiger partial charge is 0.211 e. The highest BCUT2D eigenvalue weighted by atomic mass is 32.2. The summed E-state index contributed by atoms with van der Waals surface area (Å²) >= 11 is 0. The lowest BCUT2D eigenvalue weighted by atomic mass is 10.1. The minimum atomic E-state index is -3.38. The predicted octanol–water partition coefficient (Wildman–Crippen LogP) is -1.32. The van der Waals surface area contributed by atoms with Crippen LogP contribution >= 0.6 is 0 Å². The summed E-state index contributed by atoms with van der Waals surface area (Å²) in [5.74, 6) is -0.0256. The van der Waals surface area contributed by atoms with Gasteiger partial charge in [-0.1, -0.05) is 0 Å². The molecule has 0 unspecified atom stereocenters. The van der Waals surface area contributed by atoms with Crippen molar-refractivity contribution in [1.82, 2.24) is 9.62 Å². The van der Waals surface area contributed by atoms with Crippen molar-refractivity contribution < 1.29 is 16.8 Å². The first kappa shape index (κ1) is 15.8. The van der Waals surface area contributed by atoms with Crippen LogP contribution < -0.4 is 10.5 Å². The molecule has 1 heterocycles. The van der Waals surface area contributed by atoms with E-state index in [0.717, 1.165) is 12.8 Å². The molecule has 0 amide bonds. The first-order valence-corrected chi connectivity index (χ1v) is 9.44. The fourth-order valence-corrected chi connectivity index (χ4v) is 3.39. The van der Waals surface area contributed by atoms with E-state index < -0.39 is 20.0 Å². The van der Waals surface area contributed by atoms with Crippen molar-refractivity contribution in [2.45, 2.75) is 25.3 Å². The summed E-state index contributed by atoms with van der Waals surface area (Å²) in [6.45, 7) is 1.62. The van der Waals surface area contributed by atoms with Gasteiger partial charge in [0.05, 0.1) is 12.0 Å². The van der Waals surface area contributed by atoms with Gasteiger partial charge >= 0.3 is 0 Å². The molecule has 0 aromatic heterocycles. The van der Waals surface area contributed by atoms with Crippen molar-refractivity contribution >= 4 is 20.0 Å². The third-order valence-electron chi connectivity index (χ3n) is 2.96. The standard InChI is InChI=1S/C9H21N3O4S2/c1-17(13,14)12-6-3-9(4-7-12)11-5-2-8-18(10,15)16/h9,11H,2-8H2,1H3,(H2,10,15,16). The van der Waals surface area contributed by atoms with Crippen LogP contribution in [0.15, 0.2) is 0 Å². The number of sulfonamides is 2.